The van der Waals surface area contributed by atoms with Crippen molar-refractivity contribution >= 4 is 5.82 Å². The van der Waals surface area contributed by atoms with E-state index in [4.69, 9.17) is 0 Å². The summed E-state index contributed by atoms with van der Waals surface area (Å²) in [5.74, 6) is 1.33. The SMILES string of the molecule is c1ccc(-c2nnc(-c3ccccn3)nc2NC2CC2)cc1. The van der Waals surface area contributed by atoms with Crippen molar-refractivity contribution in [3.05, 3.63) is 54.7 Å². The Labute approximate surface area is 128 Å². The number of hydrogen-bond donors (Lipinski definition) is 1. The predicted octanol–water partition coefficient (Wildman–Crippen LogP) is 3.17. The van der Waals surface area contributed by atoms with Crippen molar-refractivity contribution in [2.45, 2.75) is 18.9 Å². The van der Waals surface area contributed by atoms with Gasteiger partial charge in [-0.3, -0.25) is 4.98 Å². The predicted molar refractivity (Wildman–Crippen MR) is 85.1 cm³/mol. The van der Waals surface area contributed by atoms with Gasteiger partial charge in [0.15, 0.2) is 5.82 Å². The second-order valence-electron chi connectivity index (χ2n) is 5.33. The van der Waals surface area contributed by atoms with Crippen LogP contribution in [0.4, 0.5) is 5.82 Å². The molecule has 1 N–H and O–H groups in total. The van der Waals surface area contributed by atoms with Crippen LogP contribution in [0, 0.1) is 0 Å². The molecule has 2 heterocycles. The second-order valence-corrected chi connectivity index (χ2v) is 5.33. The van der Waals surface area contributed by atoms with Gasteiger partial charge in [-0.15, -0.1) is 10.2 Å². The lowest BCUT2D eigenvalue weighted by Gasteiger charge is -2.10. The summed E-state index contributed by atoms with van der Waals surface area (Å²) in [5.41, 5.74) is 2.53. The number of rotatable bonds is 4. The molecule has 0 bridgehead atoms. The fourth-order valence-corrected chi connectivity index (χ4v) is 2.24. The van der Waals surface area contributed by atoms with Crippen LogP contribution in [0.3, 0.4) is 0 Å². The molecule has 108 valence electrons. The summed E-state index contributed by atoms with van der Waals surface area (Å²) < 4.78 is 0. The second kappa shape index (κ2) is 5.52. The van der Waals surface area contributed by atoms with E-state index >= 15 is 0 Å². The lowest BCUT2D eigenvalue weighted by molar-refractivity contribution is 0.965. The van der Waals surface area contributed by atoms with Crippen LogP contribution in [0.15, 0.2) is 54.7 Å². The minimum Gasteiger partial charge on any atom is -0.365 e. The van der Waals surface area contributed by atoms with Crippen LogP contribution in [-0.4, -0.2) is 26.2 Å². The molecule has 0 aliphatic heterocycles. The molecule has 1 aromatic carbocycles. The van der Waals surface area contributed by atoms with Gasteiger partial charge < -0.3 is 5.32 Å². The Hall–Kier alpha value is -2.82. The summed E-state index contributed by atoms with van der Waals surface area (Å²) in [4.78, 5) is 8.95. The monoisotopic (exact) mass is 289 g/mol. The van der Waals surface area contributed by atoms with E-state index in [0.29, 0.717) is 11.9 Å². The normalized spacial score (nSPS) is 13.8. The van der Waals surface area contributed by atoms with Crippen molar-refractivity contribution < 1.29 is 0 Å². The number of hydrogen-bond acceptors (Lipinski definition) is 5. The lowest BCUT2D eigenvalue weighted by atomic mass is 10.1. The first-order valence-corrected chi connectivity index (χ1v) is 7.38. The van der Waals surface area contributed by atoms with Crippen LogP contribution < -0.4 is 5.32 Å². The van der Waals surface area contributed by atoms with Gasteiger partial charge in [0.25, 0.3) is 0 Å². The van der Waals surface area contributed by atoms with E-state index in [1.807, 2.05) is 48.5 Å². The maximum absolute atomic E-state index is 4.65. The summed E-state index contributed by atoms with van der Waals surface area (Å²) in [7, 11) is 0. The van der Waals surface area contributed by atoms with E-state index in [0.717, 1.165) is 22.8 Å². The molecule has 1 aliphatic carbocycles. The number of nitrogens with one attached hydrogen (secondary N) is 1. The smallest absolute Gasteiger partial charge is 0.202 e. The average Bonchev–Trinajstić information content (AvgIpc) is 3.40. The molecule has 2 aromatic heterocycles. The van der Waals surface area contributed by atoms with Gasteiger partial charge >= 0.3 is 0 Å². The van der Waals surface area contributed by atoms with Gasteiger partial charge in [-0.25, -0.2) is 4.98 Å². The molecule has 4 rings (SSSR count). The van der Waals surface area contributed by atoms with Crippen LogP contribution in [-0.2, 0) is 0 Å². The molecule has 5 heteroatoms. The van der Waals surface area contributed by atoms with Crippen LogP contribution in [0.2, 0.25) is 0 Å². The van der Waals surface area contributed by atoms with E-state index in [2.05, 4.69) is 25.5 Å². The third kappa shape index (κ3) is 2.65. The van der Waals surface area contributed by atoms with Crippen LogP contribution in [0.25, 0.3) is 22.8 Å². The molecule has 0 unspecified atom stereocenters. The zero-order valence-electron chi connectivity index (χ0n) is 12.0. The quantitative estimate of drug-likeness (QED) is 0.799. The Bertz CT molecular complexity index is 770. The van der Waals surface area contributed by atoms with Gasteiger partial charge in [-0.2, -0.15) is 0 Å². The molecule has 0 spiro atoms. The van der Waals surface area contributed by atoms with Crippen molar-refractivity contribution in [2.24, 2.45) is 0 Å². The topological polar surface area (TPSA) is 63.6 Å². The number of aromatic nitrogens is 4. The first kappa shape index (κ1) is 12.9. The van der Waals surface area contributed by atoms with Crippen molar-refractivity contribution in [1.82, 2.24) is 20.2 Å². The first-order valence-electron chi connectivity index (χ1n) is 7.38. The van der Waals surface area contributed by atoms with E-state index in [1.165, 1.54) is 12.8 Å². The maximum atomic E-state index is 4.65. The van der Waals surface area contributed by atoms with Crippen molar-refractivity contribution in [3.63, 3.8) is 0 Å². The fourth-order valence-electron chi connectivity index (χ4n) is 2.24. The minimum absolute atomic E-state index is 0.496. The van der Waals surface area contributed by atoms with Crippen LogP contribution in [0.1, 0.15) is 12.8 Å². The molecule has 1 fully saturated rings. The molecule has 1 aliphatic rings. The van der Waals surface area contributed by atoms with Crippen molar-refractivity contribution in [2.75, 3.05) is 5.32 Å². The number of pyridine rings is 1. The fraction of sp³-hybridized carbons (Fsp3) is 0.176. The number of anilines is 1. The molecule has 0 amide bonds. The third-order valence-electron chi connectivity index (χ3n) is 3.55. The Kier molecular flexibility index (Phi) is 3.23. The van der Waals surface area contributed by atoms with Gasteiger partial charge in [-0.1, -0.05) is 36.4 Å². The third-order valence-corrected chi connectivity index (χ3v) is 3.55. The van der Waals surface area contributed by atoms with E-state index in [1.54, 1.807) is 6.20 Å². The highest BCUT2D eigenvalue weighted by atomic mass is 15.2. The number of nitrogens with zero attached hydrogens (tertiary/aromatic N) is 4. The van der Waals surface area contributed by atoms with Crippen LogP contribution >= 0.6 is 0 Å². The molecule has 0 radical (unpaired) electrons. The molecule has 5 nitrogen and oxygen atoms in total. The molecule has 22 heavy (non-hydrogen) atoms. The van der Waals surface area contributed by atoms with E-state index in [-0.39, 0.29) is 0 Å². The molecular formula is C17H15N5. The van der Waals surface area contributed by atoms with Gasteiger partial charge in [0.2, 0.25) is 5.82 Å². The summed E-state index contributed by atoms with van der Waals surface area (Å²) in [6.45, 7) is 0. The maximum Gasteiger partial charge on any atom is 0.202 e. The lowest BCUT2D eigenvalue weighted by Crippen LogP contribution is -2.08. The molecule has 0 saturated heterocycles. The summed E-state index contributed by atoms with van der Waals surface area (Å²) >= 11 is 0. The molecule has 0 atom stereocenters. The highest BCUT2D eigenvalue weighted by Gasteiger charge is 2.24. The minimum atomic E-state index is 0.496. The highest BCUT2D eigenvalue weighted by Crippen LogP contribution is 2.30. The molecule has 3 aromatic rings. The Morgan fingerprint density at radius 3 is 2.45 bits per heavy atom. The Balaban J connectivity index is 1.78. The zero-order chi connectivity index (χ0) is 14.8. The molecule has 1 saturated carbocycles. The average molecular weight is 289 g/mol. The Morgan fingerprint density at radius 1 is 0.909 bits per heavy atom. The van der Waals surface area contributed by atoms with Gasteiger partial charge in [0.05, 0.1) is 0 Å². The highest BCUT2D eigenvalue weighted by molar-refractivity contribution is 5.72. The van der Waals surface area contributed by atoms with Crippen molar-refractivity contribution in [3.8, 4) is 22.8 Å². The van der Waals surface area contributed by atoms with Gasteiger partial charge in [0, 0.05) is 17.8 Å². The first-order chi connectivity index (χ1) is 10.9. The van der Waals surface area contributed by atoms with E-state index in [9.17, 15) is 0 Å². The largest absolute Gasteiger partial charge is 0.365 e. The van der Waals surface area contributed by atoms with Gasteiger partial charge in [-0.05, 0) is 25.0 Å². The van der Waals surface area contributed by atoms with E-state index < -0.39 is 0 Å². The van der Waals surface area contributed by atoms with Crippen LogP contribution in [0.5, 0.6) is 0 Å². The summed E-state index contributed by atoms with van der Waals surface area (Å²) in [6, 6.07) is 16.2. The van der Waals surface area contributed by atoms with Crippen molar-refractivity contribution in [1.29, 1.82) is 0 Å². The molecular weight excluding hydrogens is 274 g/mol. The zero-order valence-corrected chi connectivity index (χ0v) is 12.0. The number of benzene rings is 1. The summed E-state index contributed by atoms with van der Waals surface area (Å²) in [5, 5.41) is 12.1. The van der Waals surface area contributed by atoms with Gasteiger partial charge in [0.1, 0.15) is 11.4 Å². The standard InChI is InChI=1S/C17H15N5/c1-2-6-12(7-3-1)15-17(19-13-9-10-13)20-16(22-21-15)14-8-4-5-11-18-14/h1-8,11,13H,9-10H2,(H,19,20,22). The Morgan fingerprint density at radius 2 is 1.73 bits per heavy atom. The summed E-state index contributed by atoms with van der Waals surface area (Å²) in [6.07, 6.45) is 4.09.